The molecular weight excluding hydrogens is 302 g/mol. The Morgan fingerprint density at radius 1 is 1.23 bits per heavy atom. The smallest absolute Gasteiger partial charge is 0.191 e. The molecule has 0 spiro atoms. The molecule has 1 aromatic rings. The molecule has 7 heteroatoms. The second-order valence-electron chi connectivity index (χ2n) is 4.63. The first-order valence-electron chi connectivity index (χ1n) is 7.38. The van der Waals surface area contributed by atoms with Gasteiger partial charge in [-0.3, -0.25) is 4.99 Å². The fourth-order valence-corrected chi connectivity index (χ4v) is 2.52. The van der Waals surface area contributed by atoms with Crippen LogP contribution in [0.5, 0.6) is 5.75 Å². The summed E-state index contributed by atoms with van der Waals surface area (Å²) in [5.74, 6) is 1.65. The van der Waals surface area contributed by atoms with E-state index in [1.165, 1.54) is 0 Å². The molecule has 0 saturated carbocycles. The largest absolute Gasteiger partial charge is 0.494 e. The molecule has 0 radical (unpaired) electrons. The summed E-state index contributed by atoms with van der Waals surface area (Å²) in [5.41, 5.74) is 1.02. The Morgan fingerprint density at radius 3 is 2.59 bits per heavy atom. The van der Waals surface area contributed by atoms with Crippen molar-refractivity contribution in [3.05, 3.63) is 29.8 Å². The van der Waals surface area contributed by atoms with E-state index in [4.69, 9.17) is 4.74 Å². The Morgan fingerprint density at radius 2 is 1.95 bits per heavy atom. The van der Waals surface area contributed by atoms with E-state index in [0.29, 0.717) is 25.7 Å². The SMILES string of the molecule is CCOc1ccccc1CNC(=NC)NCCS(=O)(=O)CC. The van der Waals surface area contributed by atoms with Gasteiger partial charge in [0.25, 0.3) is 0 Å². The summed E-state index contributed by atoms with van der Waals surface area (Å²) in [5, 5.41) is 6.15. The first-order valence-corrected chi connectivity index (χ1v) is 9.20. The van der Waals surface area contributed by atoms with Crippen LogP contribution in [-0.4, -0.2) is 46.1 Å². The summed E-state index contributed by atoms with van der Waals surface area (Å²) in [4.78, 5) is 4.08. The van der Waals surface area contributed by atoms with Crippen molar-refractivity contribution in [1.29, 1.82) is 0 Å². The van der Waals surface area contributed by atoms with Crippen molar-refractivity contribution in [3.8, 4) is 5.75 Å². The predicted molar refractivity (Wildman–Crippen MR) is 90.1 cm³/mol. The van der Waals surface area contributed by atoms with E-state index in [0.717, 1.165) is 11.3 Å². The number of para-hydroxylation sites is 1. The molecule has 0 heterocycles. The van der Waals surface area contributed by atoms with Crippen LogP contribution in [0.15, 0.2) is 29.3 Å². The van der Waals surface area contributed by atoms with Gasteiger partial charge in [-0.1, -0.05) is 25.1 Å². The average Bonchev–Trinajstić information content (AvgIpc) is 2.52. The Kier molecular flexibility index (Phi) is 7.73. The number of nitrogens with zero attached hydrogens (tertiary/aromatic N) is 1. The zero-order chi connectivity index (χ0) is 16.4. The van der Waals surface area contributed by atoms with E-state index in [2.05, 4.69) is 15.6 Å². The lowest BCUT2D eigenvalue weighted by atomic mass is 10.2. The lowest BCUT2D eigenvalue weighted by Crippen LogP contribution is -2.39. The number of hydrogen-bond donors (Lipinski definition) is 2. The maximum absolute atomic E-state index is 11.4. The summed E-state index contributed by atoms with van der Waals surface area (Å²) in [6.07, 6.45) is 0. The van der Waals surface area contributed by atoms with Gasteiger partial charge in [-0.15, -0.1) is 0 Å². The highest BCUT2D eigenvalue weighted by Gasteiger charge is 2.08. The van der Waals surface area contributed by atoms with E-state index in [9.17, 15) is 8.42 Å². The lowest BCUT2D eigenvalue weighted by Gasteiger charge is -2.14. The summed E-state index contributed by atoms with van der Waals surface area (Å²) in [6.45, 7) is 5.09. The monoisotopic (exact) mass is 327 g/mol. The van der Waals surface area contributed by atoms with Gasteiger partial charge in [0, 0.05) is 31.5 Å². The van der Waals surface area contributed by atoms with Gasteiger partial charge in [-0.2, -0.15) is 0 Å². The number of rotatable bonds is 8. The second kappa shape index (κ2) is 9.30. The summed E-state index contributed by atoms with van der Waals surface area (Å²) in [6, 6.07) is 7.78. The summed E-state index contributed by atoms with van der Waals surface area (Å²) >= 11 is 0. The highest BCUT2D eigenvalue weighted by Crippen LogP contribution is 2.17. The van der Waals surface area contributed by atoms with Crippen molar-refractivity contribution in [1.82, 2.24) is 10.6 Å². The maximum atomic E-state index is 11.4. The molecule has 0 aliphatic heterocycles. The molecule has 0 bridgehead atoms. The Balaban J connectivity index is 2.51. The number of aliphatic imine (C=N–C) groups is 1. The molecule has 1 aromatic carbocycles. The Labute approximate surface area is 132 Å². The van der Waals surface area contributed by atoms with Gasteiger partial charge < -0.3 is 15.4 Å². The zero-order valence-corrected chi connectivity index (χ0v) is 14.2. The summed E-state index contributed by atoms with van der Waals surface area (Å²) in [7, 11) is -1.32. The van der Waals surface area contributed by atoms with Crippen LogP contribution in [0.25, 0.3) is 0 Å². The van der Waals surface area contributed by atoms with Gasteiger partial charge in [0.05, 0.1) is 12.4 Å². The minimum Gasteiger partial charge on any atom is -0.494 e. The first kappa shape index (κ1) is 18.3. The number of guanidine groups is 1. The Hall–Kier alpha value is -1.76. The quantitative estimate of drug-likeness (QED) is 0.554. The fraction of sp³-hybridized carbons (Fsp3) is 0.533. The molecule has 0 fully saturated rings. The highest BCUT2D eigenvalue weighted by atomic mass is 32.2. The molecule has 22 heavy (non-hydrogen) atoms. The van der Waals surface area contributed by atoms with Gasteiger partial charge in [0.2, 0.25) is 0 Å². The molecule has 0 aromatic heterocycles. The number of nitrogens with one attached hydrogen (secondary N) is 2. The molecule has 0 aliphatic carbocycles. The standard InChI is InChI=1S/C15H25N3O3S/c1-4-21-14-9-7-6-8-13(14)12-18-15(16-3)17-10-11-22(19,20)5-2/h6-9H,4-5,10-12H2,1-3H3,(H2,16,17,18). The van der Waals surface area contributed by atoms with Gasteiger partial charge in [0.1, 0.15) is 5.75 Å². The van der Waals surface area contributed by atoms with Gasteiger partial charge in [-0.25, -0.2) is 8.42 Å². The minimum atomic E-state index is -2.97. The minimum absolute atomic E-state index is 0.0970. The zero-order valence-electron chi connectivity index (χ0n) is 13.4. The van der Waals surface area contributed by atoms with Gasteiger partial charge >= 0.3 is 0 Å². The topological polar surface area (TPSA) is 79.8 Å². The second-order valence-corrected chi connectivity index (χ2v) is 7.10. The van der Waals surface area contributed by atoms with Crippen molar-refractivity contribution >= 4 is 15.8 Å². The third-order valence-corrected chi connectivity index (χ3v) is 4.79. The normalized spacial score (nSPS) is 12.0. The molecule has 2 N–H and O–H groups in total. The van der Waals surface area contributed by atoms with Crippen LogP contribution in [0.1, 0.15) is 19.4 Å². The maximum Gasteiger partial charge on any atom is 0.191 e. The van der Waals surface area contributed by atoms with Crippen molar-refractivity contribution in [3.63, 3.8) is 0 Å². The van der Waals surface area contributed by atoms with E-state index < -0.39 is 9.84 Å². The van der Waals surface area contributed by atoms with Crippen LogP contribution < -0.4 is 15.4 Å². The predicted octanol–water partition coefficient (Wildman–Crippen LogP) is 1.18. The van der Waals surface area contributed by atoms with E-state index in [1.54, 1.807) is 14.0 Å². The van der Waals surface area contributed by atoms with Crippen molar-refractivity contribution in [2.24, 2.45) is 4.99 Å². The molecule has 1 rings (SSSR count). The molecule has 0 unspecified atom stereocenters. The number of hydrogen-bond acceptors (Lipinski definition) is 4. The van der Waals surface area contributed by atoms with Gasteiger partial charge in [-0.05, 0) is 13.0 Å². The van der Waals surface area contributed by atoms with Crippen LogP contribution in [0, 0.1) is 0 Å². The Bertz CT molecular complexity index is 585. The van der Waals surface area contributed by atoms with Crippen molar-refractivity contribution < 1.29 is 13.2 Å². The fourth-order valence-electron chi connectivity index (χ4n) is 1.82. The molecule has 0 saturated heterocycles. The third kappa shape index (κ3) is 6.34. The summed E-state index contributed by atoms with van der Waals surface area (Å²) < 4.78 is 28.5. The lowest BCUT2D eigenvalue weighted by molar-refractivity contribution is 0.336. The third-order valence-electron chi connectivity index (χ3n) is 3.09. The van der Waals surface area contributed by atoms with Crippen molar-refractivity contribution in [2.45, 2.75) is 20.4 Å². The van der Waals surface area contributed by atoms with Crippen LogP contribution in [0.2, 0.25) is 0 Å². The number of ether oxygens (including phenoxy) is 1. The van der Waals surface area contributed by atoms with Crippen LogP contribution in [-0.2, 0) is 16.4 Å². The number of benzene rings is 1. The van der Waals surface area contributed by atoms with Crippen LogP contribution >= 0.6 is 0 Å². The number of sulfone groups is 1. The average molecular weight is 327 g/mol. The van der Waals surface area contributed by atoms with Gasteiger partial charge in [0.15, 0.2) is 15.8 Å². The van der Waals surface area contributed by atoms with Crippen LogP contribution in [0.3, 0.4) is 0 Å². The molecule has 0 amide bonds. The molecule has 6 nitrogen and oxygen atoms in total. The van der Waals surface area contributed by atoms with E-state index in [-0.39, 0.29) is 11.5 Å². The molecule has 0 aliphatic rings. The van der Waals surface area contributed by atoms with E-state index >= 15 is 0 Å². The molecule has 124 valence electrons. The molecular formula is C15H25N3O3S. The van der Waals surface area contributed by atoms with Crippen LogP contribution in [0.4, 0.5) is 0 Å². The van der Waals surface area contributed by atoms with E-state index in [1.807, 2.05) is 31.2 Å². The molecule has 0 atom stereocenters. The highest BCUT2D eigenvalue weighted by molar-refractivity contribution is 7.91. The van der Waals surface area contributed by atoms with Crippen molar-refractivity contribution in [2.75, 3.05) is 31.7 Å². The first-order chi connectivity index (χ1) is 10.5.